The SMILES string of the molecule is CC(C)(c1ccccc1)c1ccc(O)c(-c2cccc(-c3cccc(-c4ccccn4)c3)n2)c1. The van der Waals surface area contributed by atoms with Crippen molar-refractivity contribution in [3.05, 3.63) is 127 Å². The van der Waals surface area contributed by atoms with Gasteiger partial charge in [-0.1, -0.05) is 80.6 Å². The molecular weight excluding hydrogens is 416 g/mol. The van der Waals surface area contributed by atoms with Gasteiger partial charge in [-0.25, -0.2) is 4.98 Å². The lowest BCUT2D eigenvalue weighted by Crippen LogP contribution is -2.18. The van der Waals surface area contributed by atoms with Crippen molar-refractivity contribution in [2.24, 2.45) is 0 Å². The zero-order valence-corrected chi connectivity index (χ0v) is 19.3. The van der Waals surface area contributed by atoms with E-state index in [0.29, 0.717) is 0 Å². The molecule has 0 saturated heterocycles. The minimum Gasteiger partial charge on any atom is -0.507 e. The molecule has 0 aliphatic carbocycles. The molecule has 3 heteroatoms. The number of phenols is 1. The number of pyridine rings is 2. The summed E-state index contributed by atoms with van der Waals surface area (Å²) in [4.78, 5) is 9.39. The molecule has 5 rings (SSSR count). The molecule has 0 amide bonds. The van der Waals surface area contributed by atoms with Gasteiger partial charge >= 0.3 is 0 Å². The van der Waals surface area contributed by atoms with E-state index in [1.807, 2.05) is 60.7 Å². The summed E-state index contributed by atoms with van der Waals surface area (Å²) in [6.07, 6.45) is 1.80. The van der Waals surface area contributed by atoms with Gasteiger partial charge in [0.2, 0.25) is 0 Å². The molecule has 0 unspecified atom stereocenters. The number of hydrogen-bond donors (Lipinski definition) is 1. The van der Waals surface area contributed by atoms with Crippen molar-refractivity contribution in [1.82, 2.24) is 9.97 Å². The monoisotopic (exact) mass is 442 g/mol. The number of aromatic nitrogens is 2. The van der Waals surface area contributed by atoms with Crippen molar-refractivity contribution in [2.75, 3.05) is 0 Å². The summed E-state index contributed by atoms with van der Waals surface area (Å²) in [6, 6.07) is 36.3. The Labute approximate surface area is 200 Å². The number of aromatic hydroxyl groups is 1. The maximum atomic E-state index is 10.7. The lowest BCUT2D eigenvalue weighted by molar-refractivity contribution is 0.476. The zero-order valence-electron chi connectivity index (χ0n) is 19.3. The van der Waals surface area contributed by atoms with Crippen molar-refractivity contribution in [2.45, 2.75) is 19.3 Å². The molecule has 0 radical (unpaired) electrons. The fourth-order valence-electron chi connectivity index (χ4n) is 4.27. The molecule has 0 aliphatic rings. The minimum atomic E-state index is -0.210. The van der Waals surface area contributed by atoms with Crippen LogP contribution in [0.2, 0.25) is 0 Å². The molecule has 34 heavy (non-hydrogen) atoms. The molecule has 3 aromatic carbocycles. The van der Waals surface area contributed by atoms with Crippen LogP contribution in [0.1, 0.15) is 25.0 Å². The first-order valence-corrected chi connectivity index (χ1v) is 11.4. The van der Waals surface area contributed by atoms with Crippen molar-refractivity contribution >= 4 is 0 Å². The van der Waals surface area contributed by atoms with Crippen LogP contribution in [0.5, 0.6) is 5.75 Å². The highest BCUT2D eigenvalue weighted by Gasteiger charge is 2.24. The van der Waals surface area contributed by atoms with Gasteiger partial charge in [0.05, 0.1) is 17.1 Å². The van der Waals surface area contributed by atoms with Gasteiger partial charge in [0.1, 0.15) is 5.75 Å². The molecule has 2 aromatic heterocycles. The van der Waals surface area contributed by atoms with Crippen LogP contribution in [-0.4, -0.2) is 15.1 Å². The molecule has 0 aliphatic heterocycles. The first-order chi connectivity index (χ1) is 16.5. The highest BCUT2D eigenvalue weighted by Crippen LogP contribution is 2.37. The smallest absolute Gasteiger partial charge is 0.124 e. The second kappa shape index (κ2) is 8.95. The summed E-state index contributed by atoms with van der Waals surface area (Å²) < 4.78 is 0. The van der Waals surface area contributed by atoms with Crippen LogP contribution in [0.3, 0.4) is 0 Å². The minimum absolute atomic E-state index is 0.210. The average molecular weight is 443 g/mol. The fraction of sp³-hybridized carbons (Fsp3) is 0.0968. The quantitative estimate of drug-likeness (QED) is 0.306. The van der Waals surface area contributed by atoms with Crippen LogP contribution >= 0.6 is 0 Å². The number of phenolic OH excluding ortho intramolecular Hbond substituents is 1. The molecule has 0 atom stereocenters. The summed E-state index contributed by atoms with van der Waals surface area (Å²) in [5.74, 6) is 0.222. The van der Waals surface area contributed by atoms with Crippen molar-refractivity contribution in [3.8, 4) is 39.5 Å². The van der Waals surface area contributed by atoms with Gasteiger partial charge < -0.3 is 5.11 Å². The normalized spacial score (nSPS) is 11.4. The second-order valence-electron chi connectivity index (χ2n) is 8.93. The number of nitrogens with zero attached hydrogens (tertiary/aromatic N) is 2. The predicted octanol–water partition coefficient (Wildman–Crippen LogP) is 7.51. The third-order valence-electron chi connectivity index (χ3n) is 6.36. The van der Waals surface area contributed by atoms with Crippen LogP contribution in [0.15, 0.2) is 115 Å². The van der Waals surface area contributed by atoms with E-state index >= 15 is 0 Å². The molecule has 166 valence electrons. The van der Waals surface area contributed by atoms with Crippen LogP contribution < -0.4 is 0 Å². The largest absolute Gasteiger partial charge is 0.507 e. The molecule has 5 aromatic rings. The van der Waals surface area contributed by atoms with E-state index in [-0.39, 0.29) is 11.2 Å². The maximum Gasteiger partial charge on any atom is 0.124 e. The molecule has 3 nitrogen and oxygen atoms in total. The summed E-state index contributed by atoms with van der Waals surface area (Å²) in [5, 5.41) is 10.7. The summed E-state index contributed by atoms with van der Waals surface area (Å²) in [6.45, 7) is 4.40. The number of hydrogen-bond acceptors (Lipinski definition) is 3. The van der Waals surface area contributed by atoms with E-state index in [9.17, 15) is 5.11 Å². The zero-order chi connectivity index (χ0) is 23.5. The van der Waals surface area contributed by atoms with Gasteiger partial charge in [-0.3, -0.25) is 4.98 Å². The van der Waals surface area contributed by atoms with Crippen molar-refractivity contribution in [1.29, 1.82) is 0 Å². The van der Waals surface area contributed by atoms with Crippen LogP contribution in [0, 0.1) is 0 Å². The first kappa shape index (κ1) is 21.6. The standard InChI is InChI=1S/C31H26N2O/c1-31(2,24-12-4-3-5-13-24)25-17-18-30(34)26(21-25)29-16-9-15-28(33-29)23-11-8-10-22(20-23)27-14-6-7-19-32-27/h3-21,34H,1-2H3. The number of rotatable bonds is 5. The molecule has 2 heterocycles. The van der Waals surface area contributed by atoms with Gasteiger partial charge in [0, 0.05) is 28.3 Å². The lowest BCUT2D eigenvalue weighted by atomic mass is 9.77. The van der Waals surface area contributed by atoms with Crippen molar-refractivity contribution < 1.29 is 5.11 Å². The Morgan fingerprint density at radius 2 is 1.26 bits per heavy atom. The number of benzene rings is 3. The van der Waals surface area contributed by atoms with Gasteiger partial charge in [0.25, 0.3) is 0 Å². The topological polar surface area (TPSA) is 46.0 Å². The van der Waals surface area contributed by atoms with Gasteiger partial charge in [-0.15, -0.1) is 0 Å². The Balaban J connectivity index is 1.54. The van der Waals surface area contributed by atoms with E-state index in [2.05, 4.69) is 61.3 Å². The van der Waals surface area contributed by atoms with Crippen LogP contribution in [-0.2, 0) is 5.41 Å². The third kappa shape index (κ3) is 4.20. The van der Waals surface area contributed by atoms with Gasteiger partial charge in [0.15, 0.2) is 0 Å². The highest BCUT2D eigenvalue weighted by atomic mass is 16.3. The van der Waals surface area contributed by atoms with E-state index in [0.717, 1.165) is 39.3 Å². The Morgan fingerprint density at radius 1 is 0.588 bits per heavy atom. The van der Waals surface area contributed by atoms with Crippen LogP contribution in [0.4, 0.5) is 0 Å². The summed E-state index contributed by atoms with van der Waals surface area (Å²) in [5.41, 5.74) is 7.42. The van der Waals surface area contributed by atoms with Crippen molar-refractivity contribution in [3.63, 3.8) is 0 Å². The Hall–Kier alpha value is -4.24. The molecule has 0 saturated carbocycles. The summed E-state index contributed by atoms with van der Waals surface area (Å²) >= 11 is 0. The highest BCUT2D eigenvalue weighted by molar-refractivity contribution is 5.73. The van der Waals surface area contributed by atoms with E-state index in [1.165, 1.54) is 5.56 Å². The fourth-order valence-corrected chi connectivity index (χ4v) is 4.27. The van der Waals surface area contributed by atoms with Gasteiger partial charge in [-0.05, 0) is 53.6 Å². The molecule has 0 spiro atoms. The maximum absolute atomic E-state index is 10.7. The van der Waals surface area contributed by atoms with E-state index < -0.39 is 0 Å². The Kier molecular flexibility index (Phi) is 5.69. The lowest BCUT2D eigenvalue weighted by Gasteiger charge is -2.27. The Morgan fingerprint density at radius 3 is 2.03 bits per heavy atom. The third-order valence-corrected chi connectivity index (χ3v) is 6.36. The van der Waals surface area contributed by atoms with Crippen LogP contribution in [0.25, 0.3) is 33.8 Å². The molecule has 1 N–H and O–H groups in total. The molecular formula is C31H26N2O. The first-order valence-electron chi connectivity index (χ1n) is 11.4. The molecule has 0 fully saturated rings. The predicted molar refractivity (Wildman–Crippen MR) is 139 cm³/mol. The summed E-state index contributed by atoms with van der Waals surface area (Å²) in [7, 11) is 0. The second-order valence-corrected chi connectivity index (χ2v) is 8.93. The van der Waals surface area contributed by atoms with Gasteiger partial charge in [-0.2, -0.15) is 0 Å². The van der Waals surface area contributed by atoms with E-state index in [1.54, 1.807) is 12.3 Å². The molecule has 0 bridgehead atoms. The Bertz CT molecular complexity index is 1430. The van der Waals surface area contributed by atoms with E-state index in [4.69, 9.17) is 4.98 Å². The average Bonchev–Trinajstić information content (AvgIpc) is 2.90.